The second-order valence-electron chi connectivity index (χ2n) is 6.69. The molecule has 1 heterocycles. The number of ether oxygens (including phenoxy) is 1. The van der Waals surface area contributed by atoms with Crippen molar-refractivity contribution >= 4 is 17.5 Å². The van der Waals surface area contributed by atoms with Gasteiger partial charge in [0.2, 0.25) is 11.8 Å². The maximum Gasteiger partial charge on any atom is 0.220 e. The van der Waals surface area contributed by atoms with E-state index in [1.165, 1.54) is 0 Å². The van der Waals surface area contributed by atoms with Crippen LogP contribution in [-0.2, 0) is 11.2 Å². The molecule has 0 spiro atoms. The summed E-state index contributed by atoms with van der Waals surface area (Å²) in [6.45, 7) is 0. The van der Waals surface area contributed by atoms with Crippen molar-refractivity contribution in [3.05, 3.63) is 58.7 Å². The Morgan fingerprint density at radius 3 is 2.81 bits per heavy atom. The number of methoxy groups -OCH3 is 1. The molecule has 1 saturated carbocycles. The van der Waals surface area contributed by atoms with Crippen LogP contribution in [0.5, 0.6) is 5.88 Å². The number of amides is 1. The van der Waals surface area contributed by atoms with Crippen molar-refractivity contribution in [3.8, 4) is 5.88 Å². The molecule has 1 aromatic heterocycles. The number of nitrogens with zero attached hydrogens (tertiary/aromatic N) is 1. The van der Waals surface area contributed by atoms with Gasteiger partial charge >= 0.3 is 0 Å². The van der Waals surface area contributed by atoms with Crippen LogP contribution >= 0.6 is 11.6 Å². The van der Waals surface area contributed by atoms with E-state index >= 15 is 0 Å². The number of aryl methyl sites for hydroxylation is 1. The predicted molar refractivity (Wildman–Crippen MR) is 100 cm³/mol. The summed E-state index contributed by atoms with van der Waals surface area (Å²) < 4.78 is 5.10. The summed E-state index contributed by atoms with van der Waals surface area (Å²) in [5, 5.41) is 13.4. The maximum atomic E-state index is 12.5. The lowest BCUT2D eigenvalue weighted by Gasteiger charge is -2.38. The summed E-state index contributed by atoms with van der Waals surface area (Å²) in [4.78, 5) is 16.7. The van der Waals surface area contributed by atoms with Crippen LogP contribution in [0.15, 0.2) is 42.6 Å². The average molecular weight is 375 g/mol. The SMILES string of the molecule is COc1ccc([C@H](NC(=O)CCc2cccc(Cl)c2)C2CC(O)C2)cn1. The number of aliphatic hydroxyl groups excluding tert-OH is 1. The summed E-state index contributed by atoms with van der Waals surface area (Å²) in [5.41, 5.74) is 1.97. The molecule has 3 rings (SSSR count). The number of nitrogens with one attached hydrogen (secondary N) is 1. The third kappa shape index (κ3) is 4.74. The van der Waals surface area contributed by atoms with Crippen LogP contribution < -0.4 is 10.1 Å². The first kappa shape index (κ1) is 18.7. The zero-order valence-electron chi connectivity index (χ0n) is 14.7. The van der Waals surface area contributed by atoms with Crippen LogP contribution in [0.2, 0.25) is 5.02 Å². The summed E-state index contributed by atoms with van der Waals surface area (Å²) >= 11 is 5.99. The van der Waals surface area contributed by atoms with Crippen molar-refractivity contribution in [1.82, 2.24) is 10.3 Å². The number of carbonyl (C=O) groups excluding carboxylic acids is 1. The van der Waals surface area contributed by atoms with Gasteiger partial charge in [-0.3, -0.25) is 4.79 Å². The number of aromatic nitrogens is 1. The van der Waals surface area contributed by atoms with E-state index in [-0.39, 0.29) is 24.0 Å². The van der Waals surface area contributed by atoms with Crippen molar-refractivity contribution in [2.45, 2.75) is 37.8 Å². The molecule has 1 fully saturated rings. The Hall–Kier alpha value is -2.11. The van der Waals surface area contributed by atoms with Crippen LogP contribution in [0.4, 0.5) is 0 Å². The highest BCUT2D eigenvalue weighted by Gasteiger charge is 2.35. The first-order valence-corrected chi connectivity index (χ1v) is 9.14. The van der Waals surface area contributed by atoms with E-state index in [4.69, 9.17) is 16.3 Å². The minimum atomic E-state index is -0.280. The van der Waals surface area contributed by atoms with E-state index in [1.54, 1.807) is 19.4 Å². The number of aliphatic hydroxyl groups is 1. The molecule has 0 unspecified atom stereocenters. The number of pyridine rings is 1. The molecular formula is C20H23ClN2O3. The Morgan fingerprint density at radius 1 is 1.38 bits per heavy atom. The normalized spacial score (nSPS) is 20.1. The van der Waals surface area contributed by atoms with Gasteiger partial charge in [0.1, 0.15) is 0 Å². The van der Waals surface area contributed by atoms with Gasteiger partial charge in [-0.2, -0.15) is 0 Å². The molecule has 0 aliphatic heterocycles. The number of rotatable bonds is 7. The zero-order valence-corrected chi connectivity index (χ0v) is 15.4. The molecule has 0 saturated heterocycles. The van der Waals surface area contributed by atoms with E-state index < -0.39 is 0 Å². The summed E-state index contributed by atoms with van der Waals surface area (Å²) in [5.74, 6) is 0.732. The third-order valence-electron chi connectivity index (χ3n) is 4.79. The molecule has 2 aromatic rings. The number of carbonyl (C=O) groups is 1. The lowest BCUT2D eigenvalue weighted by Crippen LogP contribution is -2.41. The molecule has 5 nitrogen and oxygen atoms in total. The Morgan fingerprint density at radius 2 is 2.19 bits per heavy atom. The smallest absolute Gasteiger partial charge is 0.220 e. The van der Waals surface area contributed by atoms with Gasteiger partial charge in [-0.05, 0) is 48.4 Å². The van der Waals surface area contributed by atoms with Crippen molar-refractivity contribution in [1.29, 1.82) is 0 Å². The van der Waals surface area contributed by atoms with Gasteiger partial charge in [0, 0.05) is 23.7 Å². The maximum absolute atomic E-state index is 12.5. The van der Waals surface area contributed by atoms with Crippen molar-refractivity contribution in [3.63, 3.8) is 0 Å². The van der Waals surface area contributed by atoms with Gasteiger partial charge in [-0.15, -0.1) is 0 Å². The van der Waals surface area contributed by atoms with Gasteiger partial charge in [-0.25, -0.2) is 4.98 Å². The van der Waals surface area contributed by atoms with Crippen LogP contribution in [0.3, 0.4) is 0 Å². The standard InChI is InChI=1S/C20H23ClN2O3/c1-26-19-8-6-14(12-22-19)20(15-10-17(24)11-15)23-18(25)7-5-13-3-2-4-16(21)9-13/h2-4,6,8-9,12,15,17,20,24H,5,7,10-11H2,1H3,(H,23,25)/t15?,17?,20-/m0/s1. The molecule has 1 aliphatic carbocycles. The molecule has 1 aliphatic rings. The highest BCUT2D eigenvalue weighted by atomic mass is 35.5. The Bertz CT molecular complexity index is 745. The van der Waals surface area contributed by atoms with E-state index in [9.17, 15) is 9.90 Å². The first-order valence-electron chi connectivity index (χ1n) is 8.77. The molecule has 1 aromatic carbocycles. The lowest BCUT2D eigenvalue weighted by atomic mass is 9.75. The van der Waals surface area contributed by atoms with E-state index in [1.807, 2.05) is 30.3 Å². The van der Waals surface area contributed by atoms with Crippen molar-refractivity contribution < 1.29 is 14.6 Å². The van der Waals surface area contributed by atoms with Crippen LogP contribution in [-0.4, -0.2) is 29.2 Å². The summed E-state index contributed by atoms with van der Waals surface area (Å²) in [6.07, 6.45) is 3.84. The molecule has 0 radical (unpaired) electrons. The Balaban J connectivity index is 1.63. The van der Waals surface area contributed by atoms with Gasteiger partial charge in [-0.1, -0.05) is 29.8 Å². The largest absolute Gasteiger partial charge is 0.481 e. The summed E-state index contributed by atoms with van der Waals surface area (Å²) in [6, 6.07) is 11.1. The lowest BCUT2D eigenvalue weighted by molar-refractivity contribution is -0.123. The molecule has 2 N–H and O–H groups in total. The quantitative estimate of drug-likeness (QED) is 0.780. The summed E-state index contributed by atoms with van der Waals surface area (Å²) in [7, 11) is 1.57. The minimum Gasteiger partial charge on any atom is -0.481 e. The molecule has 6 heteroatoms. The molecule has 138 valence electrons. The number of hydrogen-bond acceptors (Lipinski definition) is 4. The van der Waals surface area contributed by atoms with Crippen LogP contribution in [0.25, 0.3) is 0 Å². The van der Waals surface area contributed by atoms with Crippen LogP contribution in [0, 0.1) is 5.92 Å². The molecule has 0 bridgehead atoms. The molecule has 1 atom stereocenters. The average Bonchev–Trinajstić information content (AvgIpc) is 2.62. The molecule has 1 amide bonds. The third-order valence-corrected chi connectivity index (χ3v) is 5.03. The highest BCUT2D eigenvalue weighted by Crippen LogP contribution is 2.38. The topological polar surface area (TPSA) is 71.5 Å². The zero-order chi connectivity index (χ0) is 18.5. The Kier molecular flexibility index (Phi) is 6.12. The van der Waals surface area contributed by atoms with Gasteiger partial charge in [0.05, 0.1) is 19.3 Å². The monoisotopic (exact) mass is 374 g/mol. The van der Waals surface area contributed by atoms with E-state index in [0.717, 1.165) is 11.1 Å². The van der Waals surface area contributed by atoms with E-state index in [2.05, 4.69) is 10.3 Å². The van der Waals surface area contributed by atoms with Gasteiger partial charge < -0.3 is 15.2 Å². The molecular weight excluding hydrogens is 352 g/mol. The fraction of sp³-hybridized carbons (Fsp3) is 0.400. The second kappa shape index (κ2) is 8.52. The second-order valence-corrected chi connectivity index (χ2v) is 7.13. The first-order chi connectivity index (χ1) is 12.5. The van der Waals surface area contributed by atoms with Crippen molar-refractivity contribution in [2.24, 2.45) is 5.92 Å². The fourth-order valence-electron chi connectivity index (χ4n) is 3.27. The predicted octanol–water partition coefficient (Wildman–Crippen LogP) is 3.30. The van der Waals surface area contributed by atoms with Crippen molar-refractivity contribution in [2.75, 3.05) is 7.11 Å². The number of halogens is 1. The van der Waals surface area contributed by atoms with Crippen LogP contribution in [0.1, 0.15) is 36.4 Å². The Labute approximate surface area is 158 Å². The molecule has 26 heavy (non-hydrogen) atoms. The van der Waals surface area contributed by atoms with E-state index in [0.29, 0.717) is 36.6 Å². The van der Waals surface area contributed by atoms with Gasteiger partial charge in [0.25, 0.3) is 0 Å². The number of hydrogen-bond donors (Lipinski definition) is 2. The number of benzene rings is 1. The fourth-order valence-corrected chi connectivity index (χ4v) is 3.48. The van der Waals surface area contributed by atoms with Gasteiger partial charge in [0.15, 0.2) is 0 Å². The highest BCUT2D eigenvalue weighted by molar-refractivity contribution is 6.30. The minimum absolute atomic E-state index is 0.0211.